The number of hydrogen-bond donors (Lipinski definition) is 2. The third-order valence-electron chi connectivity index (χ3n) is 3.50. The minimum absolute atomic E-state index is 0.0167. The van der Waals surface area contributed by atoms with Crippen LogP contribution in [-0.4, -0.2) is 30.8 Å². The predicted molar refractivity (Wildman–Crippen MR) is 73.1 cm³/mol. The van der Waals surface area contributed by atoms with Gasteiger partial charge >= 0.3 is 5.97 Å². The van der Waals surface area contributed by atoms with Crippen molar-refractivity contribution in [3.05, 3.63) is 35.4 Å². The lowest BCUT2D eigenvalue weighted by Gasteiger charge is -2.39. The Morgan fingerprint density at radius 1 is 1.50 bits per heavy atom. The Morgan fingerprint density at radius 3 is 2.60 bits per heavy atom. The van der Waals surface area contributed by atoms with E-state index in [4.69, 9.17) is 15.1 Å². The van der Waals surface area contributed by atoms with Crippen molar-refractivity contribution in [2.75, 3.05) is 19.8 Å². The van der Waals surface area contributed by atoms with Gasteiger partial charge in [0.25, 0.3) is 0 Å². The average Bonchev–Trinajstić information content (AvgIpc) is 2.41. The van der Waals surface area contributed by atoms with Crippen molar-refractivity contribution >= 4 is 5.97 Å². The van der Waals surface area contributed by atoms with Crippen LogP contribution in [0.3, 0.4) is 0 Å². The Bertz CT molecular complexity index is 515. The SMILES string of the molecule is CC1(CN[C@H](CC(=O)O)c2ccc(C#N)cc2)COC1. The highest BCUT2D eigenvalue weighted by Gasteiger charge is 2.33. The van der Waals surface area contributed by atoms with Crippen molar-refractivity contribution in [3.63, 3.8) is 0 Å². The van der Waals surface area contributed by atoms with E-state index in [-0.39, 0.29) is 17.9 Å². The maximum absolute atomic E-state index is 11.0. The summed E-state index contributed by atoms with van der Waals surface area (Å²) in [5.41, 5.74) is 1.54. The molecule has 5 nitrogen and oxygen atoms in total. The highest BCUT2D eigenvalue weighted by atomic mass is 16.5. The standard InChI is InChI=1S/C15H18N2O3/c1-15(9-20-10-15)8-17-13(6-14(18)19)12-4-2-11(7-16)3-5-12/h2-5,13,17H,6,8-10H2,1H3,(H,18,19)/t13-/m1/s1. The number of nitriles is 1. The highest BCUT2D eigenvalue weighted by molar-refractivity contribution is 5.68. The first-order valence-corrected chi connectivity index (χ1v) is 6.55. The average molecular weight is 274 g/mol. The minimum atomic E-state index is -0.845. The van der Waals surface area contributed by atoms with Crippen LogP contribution in [0.15, 0.2) is 24.3 Å². The second-order valence-electron chi connectivity index (χ2n) is 5.57. The summed E-state index contributed by atoms with van der Waals surface area (Å²) < 4.78 is 5.19. The molecule has 0 spiro atoms. The molecule has 1 fully saturated rings. The maximum atomic E-state index is 11.0. The van der Waals surface area contributed by atoms with Crippen LogP contribution >= 0.6 is 0 Å². The van der Waals surface area contributed by atoms with Gasteiger partial charge in [-0.25, -0.2) is 0 Å². The third kappa shape index (κ3) is 3.56. The van der Waals surface area contributed by atoms with Gasteiger partial charge in [0.1, 0.15) is 0 Å². The molecule has 2 rings (SSSR count). The number of benzene rings is 1. The summed E-state index contributed by atoms with van der Waals surface area (Å²) in [6, 6.07) is 8.83. The second kappa shape index (κ2) is 6.04. The molecule has 0 aromatic heterocycles. The molecule has 20 heavy (non-hydrogen) atoms. The van der Waals surface area contributed by atoms with E-state index in [0.717, 1.165) is 5.56 Å². The molecule has 0 bridgehead atoms. The molecule has 106 valence electrons. The maximum Gasteiger partial charge on any atom is 0.305 e. The van der Waals surface area contributed by atoms with Crippen LogP contribution in [0.4, 0.5) is 0 Å². The molecule has 1 saturated heterocycles. The number of nitrogens with one attached hydrogen (secondary N) is 1. The Hall–Kier alpha value is -1.90. The Kier molecular flexibility index (Phi) is 4.38. The summed E-state index contributed by atoms with van der Waals surface area (Å²) in [5.74, 6) is -0.845. The van der Waals surface area contributed by atoms with Crippen molar-refractivity contribution in [3.8, 4) is 6.07 Å². The molecule has 0 radical (unpaired) electrons. The van der Waals surface area contributed by atoms with Crippen LogP contribution in [0.1, 0.15) is 30.5 Å². The number of ether oxygens (including phenoxy) is 1. The molecule has 1 aromatic carbocycles. The lowest BCUT2D eigenvalue weighted by molar-refractivity contribution is -0.138. The lowest BCUT2D eigenvalue weighted by atomic mass is 9.88. The van der Waals surface area contributed by atoms with Crippen molar-refractivity contribution < 1.29 is 14.6 Å². The van der Waals surface area contributed by atoms with Crippen molar-refractivity contribution in [1.82, 2.24) is 5.32 Å². The first-order valence-electron chi connectivity index (χ1n) is 6.55. The number of rotatable bonds is 6. The molecule has 0 unspecified atom stereocenters. The van der Waals surface area contributed by atoms with Gasteiger partial charge in [-0.1, -0.05) is 19.1 Å². The van der Waals surface area contributed by atoms with Gasteiger partial charge in [0.05, 0.1) is 31.3 Å². The molecule has 2 N–H and O–H groups in total. The van der Waals surface area contributed by atoms with E-state index >= 15 is 0 Å². The van der Waals surface area contributed by atoms with E-state index in [9.17, 15) is 4.79 Å². The Morgan fingerprint density at radius 2 is 2.15 bits per heavy atom. The van der Waals surface area contributed by atoms with Gasteiger partial charge in [-0.15, -0.1) is 0 Å². The van der Waals surface area contributed by atoms with E-state index in [1.54, 1.807) is 24.3 Å². The summed E-state index contributed by atoms with van der Waals surface area (Å²) in [6.45, 7) is 4.23. The predicted octanol–water partition coefficient (Wildman–Crippen LogP) is 1.70. The number of carboxylic acid groups (broad SMARTS) is 1. The fraction of sp³-hybridized carbons (Fsp3) is 0.467. The fourth-order valence-electron chi connectivity index (χ4n) is 2.19. The number of carboxylic acids is 1. The molecule has 1 heterocycles. The first kappa shape index (κ1) is 14.5. The van der Waals surface area contributed by atoms with Gasteiger partial charge in [-0.3, -0.25) is 4.79 Å². The molecule has 0 saturated carbocycles. The number of nitrogens with zero attached hydrogens (tertiary/aromatic N) is 1. The Labute approximate surface area is 118 Å². The van der Waals surface area contributed by atoms with Crippen LogP contribution in [-0.2, 0) is 9.53 Å². The van der Waals surface area contributed by atoms with Crippen molar-refractivity contribution in [1.29, 1.82) is 5.26 Å². The number of carbonyl (C=O) groups is 1. The molecule has 1 aliphatic heterocycles. The van der Waals surface area contributed by atoms with Crippen LogP contribution < -0.4 is 5.32 Å². The van der Waals surface area contributed by atoms with E-state index < -0.39 is 5.97 Å². The zero-order valence-electron chi connectivity index (χ0n) is 11.4. The molecule has 0 aliphatic carbocycles. The largest absolute Gasteiger partial charge is 0.481 e. The van der Waals surface area contributed by atoms with Crippen molar-refractivity contribution in [2.45, 2.75) is 19.4 Å². The molecule has 0 amide bonds. The van der Waals surface area contributed by atoms with Gasteiger partial charge in [0.2, 0.25) is 0 Å². The highest BCUT2D eigenvalue weighted by Crippen LogP contribution is 2.27. The number of aliphatic carboxylic acids is 1. The minimum Gasteiger partial charge on any atom is -0.481 e. The normalized spacial score (nSPS) is 17.8. The first-order chi connectivity index (χ1) is 9.52. The zero-order valence-corrected chi connectivity index (χ0v) is 11.4. The topological polar surface area (TPSA) is 82.4 Å². The summed E-state index contributed by atoms with van der Waals surface area (Å²) >= 11 is 0. The Balaban J connectivity index is 2.05. The third-order valence-corrected chi connectivity index (χ3v) is 3.50. The quantitative estimate of drug-likeness (QED) is 0.825. The van der Waals surface area contributed by atoms with Gasteiger partial charge in [0, 0.05) is 18.0 Å². The smallest absolute Gasteiger partial charge is 0.305 e. The van der Waals surface area contributed by atoms with E-state index in [2.05, 4.69) is 18.3 Å². The van der Waals surface area contributed by atoms with Gasteiger partial charge in [0.15, 0.2) is 0 Å². The van der Waals surface area contributed by atoms with Crippen LogP contribution in [0, 0.1) is 16.7 Å². The summed E-state index contributed by atoms with van der Waals surface area (Å²) in [4.78, 5) is 11.0. The van der Waals surface area contributed by atoms with Gasteiger partial charge in [-0.05, 0) is 17.7 Å². The van der Waals surface area contributed by atoms with Crippen LogP contribution in [0.25, 0.3) is 0 Å². The van der Waals surface area contributed by atoms with E-state index in [0.29, 0.717) is 25.3 Å². The van der Waals surface area contributed by atoms with Gasteiger partial charge < -0.3 is 15.2 Å². The molecule has 5 heteroatoms. The molecule has 1 aliphatic rings. The molecule has 1 atom stereocenters. The monoisotopic (exact) mass is 274 g/mol. The number of hydrogen-bond acceptors (Lipinski definition) is 4. The molecule has 1 aromatic rings. The van der Waals surface area contributed by atoms with E-state index in [1.807, 2.05) is 0 Å². The van der Waals surface area contributed by atoms with Crippen molar-refractivity contribution in [2.24, 2.45) is 5.41 Å². The van der Waals surface area contributed by atoms with Crippen LogP contribution in [0.2, 0.25) is 0 Å². The van der Waals surface area contributed by atoms with Crippen LogP contribution in [0.5, 0.6) is 0 Å². The zero-order chi connectivity index (χ0) is 14.6. The second-order valence-corrected chi connectivity index (χ2v) is 5.57. The molecular weight excluding hydrogens is 256 g/mol. The molecular formula is C15H18N2O3. The van der Waals surface area contributed by atoms with E-state index in [1.165, 1.54) is 0 Å². The summed E-state index contributed by atoms with van der Waals surface area (Å²) in [5, 5.41) is 21.1. The summed E-state index contributed by atoms with van der Waals surface area (Å²) in [7, 11) is 0. The fourth-order valence-corrected chi connectivity index (χ4v) is 2.19. The lowest BCUT2D eigenvalue weighted by Crippen LogP contribution is -2.48. The van der Waals surface area contributed by atoms with Gasteiger partial charge in [-0.2, -0.15) is 5.26 Å². The summed E-state index contributed by atoms with van der Waals surface area (Å²) in [6.07, 6.45) is 0.0167.